The first-order valence-electron chi connectivity index (χ1n) is 7.09. The van der Waals surface area contributed by atoms with E-state index in [9.17, 15) is 0 Å². The predicted octanol–water partition coefficient (Wildman–Crippen LogP) is 2.74. The van der Waals surface area contributed by atoms with E-state index in [0.29, 0.717) is 6.04 Å². The summed E-state index contributed by atoms with van der Waals surface area (Å²) in [5.74, 6) is 1.79. The van der Waals surface area contributed by atoms with E-state index >= 15 is 0 Å². The van der Waals surface area contributed by atoms with Gasteiger partial charge in [-0.05, 0) is 71.1 Å². The van der Waals surface area contributed by atoms with Crippen LogP contribution in [0.2, 0.25) is 0 Å². The summed E-state index contributed by atoms with van der Waals surface area (Å²) in [6.45, 7) is 14.2. The molecule has 96 valence electrons. The number of nitrogens with one attached hydrogen (secondary N) is 1. The molecule has 0 saturated carbocycles. The van der Waals surface area contributed by atoms with Crippen LogP contribution in [0.4, 0.5) is 0 Å². The van der Waals surface area contributed by atoms with Gasteiger partial charge < -0.3 is 10.2 Å². The van der Waals surface area contributed by atoms with Gasteiger partial charge in [0.25, 0.3) is 0 Å². The minimum absolute atomic E-state index is 0.696. The zero-order chi connectivity index (χ0) is 12.0. The maximum atomic E-state index is 3.53. The molecule has 2 heteroatoms. The van der Waals surface area contributed by atoms with Gasteiger partial charge in [0, 0.05) is 6.04 Å². The van der Waals surface area contributed by atoms with Crippen LogP contribution in [0.15, 0.2) is 0 Å². The Bertz CT molecular complexity index is 174. The van der Waals surface area contributed by atoms with Crippen LogP contribution in [0, 0.1) is 11.8 Å². The third-order valence-corrected chi connectivity index (χ3v) is 4.15. The Morgan fingerprint density at radius 1 is 1.31 bits per heavy atom. The second-order valence-corrected chi connectivity index (χ2v) is 5.59. The van der Waals surface area contributed by atoms with Crippen molar-refractivity contribution in [2.75, 3.05) is 26.2 Å². The van der Waals surface area contributed by atoms with E-state index in [-0.39, 0.29) is 0 Å². The van der Waals surface area contributed by atoms with Crippen LogP contribution in [0.3, 0.4) is 0 Å². The Balaban J connectivity index is 2.24. The minimum Gasteiger partial charge on any atom is -0.316 e. The quantitative estimate of drug-likeness (QED) is 0.749. The highest BCUT2D eigenvalue weighted by atomic mass is 15.1. The molecule has 1 fully saturated rings. The van der Waals surface area contributed by atoms with Gasteiger partial charge in [-0.2, -0.15) is 0 Å². The standard InChI is InChI=1S/C14H30N2/c1-5-16(12(2)3)10-8-13(4)14-7-6-9-15-11-14/h12-15H,5-11H2,1-4H3. The second kappa shape index (κ2) is 7.29. The molecule has 0 aromatic heterocycles. The molecule has 0 spiro atoms. The first kappa shape index (κ1) is 14.0. The predicted molar refractivity (Wildman–Crippen MR) is 71.8 cm³/mol. The molecule has 1 rings (SSSR count). The van der Waals surface area contributed by atoms with Gasteiger partial charge in [0.15, 0.2) is 0 Å². The van der Waals surface area contributed by atoms with Gasteiger partial charge in [0.2, 0.25) is 0 Å². The lowest BCUT2D eigenvalue weighted by Crippen LogP contribution is -2.36. The van der Waals surface area contributed by atoms with Gasteiger partial charge in [0.05, 0.1) is 0 Å². The molecule has 0 radical (unpaired) electrons. The lowest BCUT2D eigenvalue weighted by molar-refractivity contribution is 0.190. The second-order valence-electron chi connectivity index (χ2n) is 5.59. The number of piperidine rings is 1. The van der Waals surface area contributed by atoms with E-state index in [1.807, 2.05) is 0 Å². The van der Waals surface area contributed by atoms with Crippen molar-refractivity contribution in [2.24, 2.45) is 11.8 Å². The summed E-state index contributed by atoms with van der Waals surface area (Å²) in [7, 11) is 0. The summed E-state index contributed by atoms with van der Waals surface area (Å²) in [5, 5.41) is 3.53. The highest BCUT2D eigenvalue weighted by Crippen LogP contribution is 2.22. The third kappa shape index (κ3) is 4.42. The van der Waals surface area contributed by atoms with E-state index in [1.54, 1.807) is 0 Å². The Morgan fingerprint density at radius 3 is 2.56 bits per heavy atom. The fourth-order valence-electron chi connectivity index (χ4n) is 2.75. The van der Waals surface area contributed by atoms with Crippen molar-refractivity contribution < 1.29 is 0 Å². The summed E-state index contributed by atoms with van der Waals surface area (Å²) in [6, 6.07) is 0.696. The van der Waals surface area contributed by atoms with E-state index < -0.39 is 0 Å². The molecule has 2 atom stereocenters. The van der Waals surface area contributed by atoms with Crippen LogP contribution in [0.1, 0.15) is 47.0 Å². The summed E-state index contributed by atoms with van der Waals surface area (Å²) >= 11 is 0. The van der Waals surface area contributed by atoms with Crippen LogP contribution in [-0.4, -0.2) is 37.1 Å². The zero-order valence-corrected chi connectivity index (χ0v) is 11.6. The van der Waals surface area contributed by atoms with Crippen LogP contribution < -0.4 is 5.32 Å². The van der Waals surface area contributed by atoms with E-state index in [4.69, 9.17) is 0 Å². The molecule has 1 aliphatic heterocycles. The van der Waals surface area contributed by atoms with Crippen LogP contribution in [-0.2, 0) is 0 Å². The fraction of sp³-hybridized carbons (Fsp3) is 1.00. The molecule has 2 unspecified atom stereocenters. The maximum Gasteiger partial charge on any atom is 0.00384 e. The Hall–Kier alpha value is -0.0800. The molecule has 2 nitrogen and oxygen atoms in total. The number of hydrogen-bond acceptors (Lipinski definition) is 2. The van der Waals surface area contributed by atoms with Gasteiger partial charge >= 0.3 is 0 Å². The topological polar surface area (TPSA) is 15.3 Å². The summed E-state index contributed by atoms with van der Waals surface area (Å²) < 4.78 is 0. The molecule has 0 bridgehead atoms. The first-order valence-corrected chi connectivity index (χ1v) is 7.09. The lowest BCUT2D eigenvalue weighted by atomic mass is 9.85. The van der Waals surface area contributed by atoms with E-state index in [1.165, 1.54) is 45.4 Å². The summed E-state index contributed by atoms with van der Waals surface area (Å²) in [4.78, 5) is 2.58. The fourth-order valence-corrected chi connectivity index (χ4v) is 2.75. The van der Waals surface area contributed by atoms with Crippen molar-refractivity contribution in [1.29, 1.82) is 0 Å². The molecular weight excluding hydrogens is 196 g/mol. The normalized spacial score (nSPS) is 24.0. The SMILES string of the molecule is CCN(CCC(C)C1CCCNC1)C(C)C. The van der Waals surface area contributed by atoms with Gasteiger partial charge in [-0.15, -0.1) is 0 Å². The largest absolute Gasteiger partial charge is 0.316 e. The summed E-state index contributed by atoms with van der Waals surface area (Å²) in [6.07, 6.45) is 4.16. The molecule has 0 amide bonds. The molecule has 0 aliphatic carbocycles. The molecule has 1 heterocycles. The molecule has 1 saturated heterocycles. The van der Waals surface area contributed by atoms with Crippen molar-refractivity contribution in [3.8, 4) is 0 Å². The average Bonchev–Trinajstić information content (AvgIpc) is 2.30. The van der Waals surface area contributed by atoms with Crippen molar-refractivity contribution in [3.63, 3.8) is 0 Å². The number of nitrogens with zero attached hydrogens (tertiary/aromatic N) is 1. The van der Waals surface area contributed by atoms with Crippen molar-refractivity contribution in [3.05, 3.63) is 0 Å². The van der Waals surface area contributed by atoms with Crippen molar-refractivity contribution >= 4 is 0 Å². The van der Waals surface area contributed by atoms with Gasteiger partial charge in [-0.3, -0.25) is 0 Å². The highest BCUT2D eigenvalue weighted by Gasteiger charge is 2.20. The highest BCUT2D eigenvalue weighted by molar-refractivity contribution is 4.75. The molecule has 0 aromatic rings. The third-order valence-electron chi connectivity index (χ3n) is 4.15. The molecule has 1 aliphatic rings. The van der Waals surface area contributed by atoms with Crippen LogP contribution in [0.25, 0.3) is 0 Å². The van der Waals surface area contributed by atoms with Gasteiger partial charge in [0.1, 0.15) is 0 Å². The number of rotatable bonds is 6. The Kier molecular flexibility index (Phi) is 6.37. The smallest absolute Gasteiger partial charge is 0.00384 e. The zero-order valence-electron chi connectivity index (χ0n) is 11.6. The maximum absolute atomic E-state index is 3.53. The number of hydrogen-bond donors (Lipinski definition) is 1. The average molecular weight is 226 g/mol. The molecule has 0 aromatic carbocycles. The Morgan fingerprint density at radius 2 is 2.06 bits per heavy atom. The van der Waals surface area contributed by atoms with Gasteiger partial charge in [-0.25, -0.2) is 0 Å². The van der Waals surface area contributed by atoms with Gasteiger partial charge in [-0.1, -0.05) is 13.8 Å². The van der Waals surface area contributed by atoms with E-state index in [0.717, 1.165) is 11.8 Å². The van der Waals surface area contributed by atoms with Crippen LogP contribution in [0.5, 0.6) is 0 Å². The molecule has 1 N–H and O–H groups in total. The van der Waals surface area contributed by atoms with Crippen LogP contribution >= 0.6 is 0 Å². The monoisotopic (exact) mass is 226 g/mol. The molecule has 16 heavy (non-hydrogen) atoms. The Labute approximate surface area is 102 Å². The van der Waals surface area contributed by atoms with Crippen molar-refractivity contribution in [1.82, 2.24) is 10.2 Å². The van der Waals surface area contributed by atoms with E-state index in [2.05, 4.69) is 37.9 Å². The lowest BCUT2D eigenvalue weighted by Gasteiger charge is -2.31. The summed E-state index contributed by atoms with van der Waals surface area (Å²) in [5.41, 5.74) is 0. The molecular formula is C14H30N2. The first-order chi connectivity index (χ1) is 7.65. The minimum atomic E-state index is 0.696. The van der Waals surface area contributed by atoms with Crippen molar-refractivity contribution in [2.45, 2.75) is 53.0 Å².